The minimum atomic E-state index is -0.388. The summed E-state index contributed by atoms with van der Waals surface area (Å²) in [7, 11) is 0. The fourth-order valence-electron chi connectivity index (χ4n) is 2.57. The molecule has 2 N–H and O–H groups in total. The Morgan fingerprint density at radius 2 is 2.07 bits per heavy atom. The molecule has 2 heterocycles. The number of thioether (sulfide) groups is 1. The molecular formula is C19H19BrN4O3S2. The van der Waals surface area contributed by atoms with Crippen molar-refractivity contribution in [3.63, 3.8) is 0 Å². The summed E-state index contributed by atoms with van der Waals surface area (Å²) in [6, 6.07) is 8.77. The van der Waals surface area contributed by atoms with Gasteiger partial charge < -0.3 is 0 Å². The first kappa shape index (κ1) is 21.5. The van der Waals surface area contributed by atoms with Gasteiger partial charge in [-0.15, -0.1) is 11.3 Å². The van der Waals surface area contributed by atoms with Gasteiger partial charge in [0.1, 0.15) is 0 Å². The largest absolute Gasteiger partial charge is 0.287 e. The highest BCUT2D eigenvalue weighted by molar-refractivity contribution is 9.10. The first-order valence-corrected chi connectivity index (χ1v) is 11.5. The second-order valence-corrected chi connectivity index (χ2v) is 9.44. The van der Waals surface area contributed by atoms with E-state index in [0.29, 0.717) is 27.5 Å². The first-order chi connectivity index (χ1) is 13.8. The van der Waals surface area contributed by atoms with E-state index in [1.165, 1.54) is 11.3 Å². The van der Waals surface area contributed by atoms with E-state index in [1.54, 1.807) is 34.2 Å². The molecule has 2 aromatic heterocycles. The molecule has 0 radical (unpaired) electrons. The summed E-state index contributed by atoms with van der Waals surface area (Å²) in [5, 5.41) is 2.78. The van der Waals surface area contributed by atoms with Crippen molar-refractivity contribution in [2.24, 2.45) is 5.92 Å². The number of fused-ring (bicyclic) bond motifs is 1. The summed E-state index contributed by atoms with van der Waals surface area (Å²) in [6.45, 7) is 4.52. The zero-order valence-electron chi connectivity index (χ0n) is 15.8. The van der Waals surface area contributed by atoms with E-state index in [0.717, 1.165) is 16.2 Å². The third-order valence-corrected chi connectivity index (χ3v) is 6.16. The molecule has 0 saturated carbocycles. The Hall–Kier alpha value is -2.17. The minimum Gasteiger partial charge on any atom is -0.287 e. The molecule has 0 saturated heterocycles. The summed E-state index contributed by atoms with van der Waals surface area (Å²) in [5.41, 5.74) is 5.20. The van der Waals surface area contributed by atoms with Gasteiger partial charge in [-0.2, -0.15) is 0 Å². The molecule has 0 fully saturated rings. The van der Waals surface area contributed by atoms with Crippen molar-refractivity contribution in [2.75, 3.05) is 5.75 Å². The predicted octanol–water partition coefficient (Wildman–Crippen LogP) is 3.43. The molecule has 0 spiro atoms. The number of thiophene rings is 1. The monoisotopic (exact) mass is 494 g/mol. The molecule has 0 aliphatic rings. The van der Waals surface area contributed by atoms with Crippen LogP contribution in [0.4, 0.5) is 0 Å². The van der Waals surface area contributed by atoms with Gasteiger partial charge in [0, 0.05) is 11.0 Å². The molecule has 0 aliphatic carbocycles. The lowest BCUT2D eigenvalue weighted by Crippen LogP contribution is -2.42. The number of hydrazine groups is 1. The van der Waals surface area contributed by atoms with Crippen molar-refractivity contribution in [3.05, 3.63) is 55.4 Å². The van der Waals surface area contributed by atoms with Crippen LogP contribution in [0, 0.1) is 5.92 Å². The third kappa shape index (κ3) is 5.46. The van der Waals surface area contributed by atoms with Crippen LogP contribution in [0.25, 0.3) is 10.9 Å². The van der Waals surface area contributed by atoms with Gasteiger partial charge in [0.15, 0.2) is 5.16 Å². The lowest BCUT2D eigenvalue weighted by atomic mass is 10.2. The Bertz CT molecular complexity index is 1100. The summed E-state index contributed by atoms with van der Waals surface area (Å²) < 4.78 is 2.41. The quantitative estimate of drug-likeness (QED) is 0.311. The highest BCUT2D eigenvalue weighted by Crippen LogP contribution is 2.21. The summed E-state index contributed by atoms with van der Waals surface area (Å²) >= 11 is 5.83. The molecule has 2 amide bonds. The van der Waals surface area contributed by atoms with Crippen molar-refractivity contribution in [2.45, 2.75) is 25.5 Å². The van der Waals surface area contributed by atoms with Crippen molar-refractivity contribution in [1.82, 2.24) is 20.4 Å². The maximum Gasteiger partial charge on any atom is 0.279 e. The van der Waals surface area contributed by atoms with Gasteiger partial charge in [-0.3, -0.25) is 29.8 Å². The third-order valence-electron chi connectivity index (χ3n) is 3.82. The molecule has 7 nitrogen and oxygen atoms in total. The smallest absolute Gasteiger partial charge is 0.279 e. The molecule has 0 bridgehead atoms. The van der Waals surface area contributed by atoms with Crippen LogP contribution in [0.5, 0.6) is 0 Å². The Balaban J connectivity index is 1.74. The maximum absolute atomic E-state index is 13.0. The van der Waals surface area contributed by atoms with E-state index in [9.17, 15) is 14.4 Å². The van der Waals surface area contributed by atoms with Crippen LogP contribution in [0.2, 0.25) is 0 Å². The Morgan fingerprint density at radius 3 is 2.76 bits per heavy atom. The molecule has 152 valence electrons. The van der Waals surface area contributed by atoms with Crippen LogP contribution >= 0.6 is 39.0 Å². The fourth-order valence-corrected chi connectivity index (χ4v) is 4.36. The number of halogens is 1. The van der Waals surface area contributed by atoms with Crippen molar-refractivity contribution >= 4 is 61.7 Å². The molecular weight excluding hydrogens is 476 g/mol. The van der Waals surface area contributed by atoms with Crippen LogP contribution in [0.15, 0.2) is 50.1 Å². The molecule has 0 aliphatic heterocycles. The lowest BCUT2D eigenvalue weighted by Gasteiger charge is -2.15. The maximum atomic E-state index is 13.0. The lowest BCUT2D eigenvalue weighted by molar-refractivity contribution is -0.119. The number of amides is 2. The molecule has 1 aromatic carbocycles. The zero-order valence-corrected chi connectivity index (χ0v) is 19.0. The van der Waals surface area contributed by atoms with Crippen molar-refractivity contribution in [3.8, 4) is 0 Å². The van der Waals surface area contributed by atoms with E-state index < -0.39 is 0 Å². The Kier molecular flexibility index (Phi) is 7.09. The molecule has 29 heavy (non-hydrogen) atoms. The number of nitrogens with one attached hydrogen (secondary N) is 2. The second-order valence-electron chi connectivity index (χ2n) is 6.63. The first-order valence-electron chi connectivity index (χ1n) is 8.80. The van der Waals surface area contributed by atoms with Crippen LogP contribution in [0.3, 0.4) is 0 Å². The van der Waals surface area contributed by atoms with Gasteiger partial charge in [0.05, 0.1) is 21.5 Å². The Morgan fingerprint density at radius 1 is 1.28 bits per heavy atom. The zero-order chi connectivity index (χ0) is 21.0. The molecule has 0 unspecified atom stereocenters. The van der Waals surface area contributed by atoms with Gasteiger partial charge in [-0.25, -0.2) is 4.98 Å². The van der Waals surface area contributed by atoms with Crippen molar-refractivity contribution in [1.29, 1.82) is 0 Å². The molecule has 10 heteroatoms. The summed E-state index contributed by atoms with van der Waals surface area (Å²) in [6.07, 6.45) is 0. The van der Waals surface area contributed by atoms with E-state index in [-0.39, 0.29) is 29.0 Å². The molecule has 3 rings (SSSR count). The number of rotatable bonds is 6. The highest BCUT2D eigenvalue weighted by atomic mass is 79.9. The number of benzene rings is 1. The summed E-state index contributed by atoms with van der Waals surface area (Å²) in [5.74, 6) is -0.514. The SMILES string of the molecule is CC(C)Cn1c(SCC(=O)NNC(=O)c2cccs2)nc2ccc(Br)cc2c1=O. The average Bonchev–Trinajstić information content (AvgIpc) is 3.22. The van der Waals surface area contributed by atoms with E-state index in [4.69, 9.17) is 0 Å². The van der Waals surface area contributed by atoms with Crippen LogP contribution in [-0.4, -0.2) is 27.1 Å². The fraction of sp³-hybridized carbons (Fsp3) is 0.263. The number of aromatic nitrogens is 2. The summed E-state index contributed by atoms with van der Waals surface area (Å²) in [4.78, 5) is 42.1. The number of nitrogens with zero attached hydrogens (tertiary/aromatic N) is 2. The van der Waals surface area contributed by atoms with E-state index in [1.807, 2.05) is 19.9 Å². The normalized spacial score (nSPS) is 11.0. The molecule has 3 aromatic rings. The van der Waals surface area contributed by atoms with E-state index in [2.05, 4.69) is 31.8 Å². The van der Waals surface area contributed by atoms with Gasteiger partial charge in [0.25, 0.3) is 11.5 Å². The van der Waals surface area contributed by atoms with E-state index >= 15 is 0 Å². The average molecular weight is 495 g/mol. The van der Waals surface area contributed by atoms with Gasteiger partial charge in [-0.05, 0) is 35.6 Å². The number of hydrogen-bond donors (Lipinski definition) is 2. The predicted molar refractivity (Wildman–Crippen MR) is 119 cm³/mol. The van der Waals surface area contributed by atoms with Crippen molar-refractivity contribution < 1.29 is 9.59 Å². The minimum absolute atomic E-state index is 0.0112. The number of carbonyl (C=O) groups is 2. The Labute approximate surface area is 184 Å². The highest BCUT2D eigenvalue weighted by Gasteiger charge is 2.15. The van der Waals surface area contributed by atoms with Gasteiger partial charge in [0.2, 0.25) is 5.91 Å². The topological polar surface area (TPSA) is 93.1 Å². The van der Waals surface area contributed by atoms with Crippen LogP contribution in [-0.2, 0) is 11.3 Å². The standard InChI is InChI=1S/C19H19BrN4O3S2/c1-11(2)9-24-18(27)13-8-12(20)5-6-14(13)21-19(24)29-10-16(25)22-23-17(26)15-4-3-7-28-15/h3-8,11H,9-10H2,1-2H3,(H,22,25)(H,23,26). The van der Waals surface area contributed by atoms with Crippen LogP contribution < -0.4 is 16.4 Å². The van der Waals surface area contributed by atoms with Gasteiger partial charge in [-0.1, -0.05) is 47.6 Å². The van der Waals surface area contributed by atoms with Gasteiger partial charge >= 0.3 is 0 Å². The van der Waals surface area contributed by atoms with Crippen LogP contribution in [0.1, 0.15) is 23.5 Å². The number of hydrogen-bond acceptors (Lipinski definition) is 6. The second kappa shape index (κ2) is 9.55. The number of carbonyl (C=O) groups excluding carboxylic acids is 2. The molecule has 0 atom stereocenters.